The molecular formula is C16H17N3O. The molecule has 2 rings (SSSR count). The Morgan fingerprint density at radius 2 is 2.00 bits per heavy atom. The summed E-state index contributed by atoms with van der Waals surface area (Å²) in [6.45, 7) is 3.44. The van der Waals surface area contributed by atoms with Crippen molar-refractivity contribution in [3.63, 3.8) is 0 Å². The predicted octanol–water partition coefficient (Wildman–Crippen LogP) is 3.35. The summed E-state index contributed by atoms with van der Waals surface area (Å²) in [5.41, 5.74) is 1.50. The van der Waals surface area contributed by atoms with Crippen LogP contribution in [-0.4, -0.2) is 11.5 Å². The van der Waals surface area contributed by atoms with Crippen molar-refractivity contribution < 1.29 is 4.74 Å². The zero-order valence-electron chi connectivity index (χ0n) is 11.5. The highest BCUT2D eigenvalue weighted by Gasteiger charge is 2.00. The van der Waals surface area contributed by atoms with Crippen LogP contribution in [0.25, 0.3) is 0 Å². The molecule has 0 atom stereocenters. The maximum Gasteiger partial charge on any atom is 0.130 e. The number of anilines is 1. The summed E-state index contributed by atoms with van der Waals surface area (Å²) in [4.78, 5) is 4.47. The van der Waals surface area contributed by atoms with E-state index in [1.807, 2.05) is 18.2 Å². The van der Waals surface area contributed by atoms with Gasteiger partial charge in [0.05, 0.1) is 17.3 Å². The SMILES string of the molecule is CCCNc1cccc(COc2ccc(C#N)cc2)n1. The normalized spacial score (nSPS) is 9.80. The average molecular weight is 267 g/mol. The first-order valence-corrected chi connectivity index (χ1v) is 6.64. The molecule has 0 fully saturated rings. The molecule has 0 unspecified atom stereocenters. The first kappa shape index (κ1) is 13.9. The Bertz CT molecular complexity index is 587. The molecule has 1 aromatic carbocycles. The van der Waals surface area contributed by atoms with Crippen LogP contribution < -0.4 is 10.1 Å². The van der Waals surface area contributed by atoms with E-state index in [-0.39, 0.29) is 0 Å². The summed E-state index contributed by atoms with van der Waals surface area (Å²) in [6, 6.07) is 15.0. The van der Waals surface area contributed by atoms with E-state index in [0.29, 0.717) is 12.2 Å². The number of benzene rings is 1. The van der Waals surface area contributed by atoms with Crippen LogP contribution in [0.3, 0.4) is 0 Å². The van der Waals surface area contributed by atoms with Crippen LogP contribution in [-0.2, 0) is 6.61 Å². The third-order valence-corrected chi connectivity index (χ3v) is 2.73. The van der Waals surface area contributed by atoms with E-state index < -0.39 is 0 Å². The van der Waals surface area contributed by atoms with Gasteiger partial charge in [0.15, 0.2) is 0 Å². The van der Waals surface area contributed by atoms with Gasteiger partial charge in [-0.2, -0.15) is 5.26 Å². The van der Waals surface area contributed by atoms with E-state index in [0.717, 1.165) is 30.2 Å². The van der Waals surface area contributed by atoms with Gasteiger partial charge in [0.1, 0.15) is 18.2 Å². The fourth-order valence-electron chi connectivity index (χ4n) is 1.69. The van der Waals surface area contributed by atoms with Gasteiger partial charge in [-0.05, 0) is 42.8 Å². The average Bonchev–Trinajstić information content (AvgIpc) is 2.52. The van der Waals surface area contributed by atoms with Crippen molar-refractivity contribution >= 4 is 5.82 Å². The van der Waals surface area contributed by atoms with Gasteiger partial charge in [-0.25, -0.2) is 4.98 Å². The second-order valence-corrected chi connectivity index (χ2v) is 4.37. The molecule has 102 valence electrons. The molecule has 0 aliphatic rings. The number of pyridine rings is 1. The minimum Gasteiger partial charge on any atom is -0.487 e. The Morgan fingerprint density at radius 1 is 1.20 bits per heavy atom. The van der Waals surface area contributed by atoms with Gasteiger partial charge in [-0.1, -0.05) is 13.0 Å². The van der Waals surface area contributed by atoms with Crippen molar-refractivity contribution in [1.29, 1.82) is 5.26 Å². The molecule has 1 heterocycles. The monoisotopic (exact) mass is 267 g/mol. The third kappa shape index (κ3) is 3.99. The molecule has 0 saturated heterocycles. The minimum atomic E-state index is 0.410. The summed E-state index contributed by atoms with van der Waals surface area (Å²) in [5.74, 6) is 1.60. The number of nitrogens with one attached hydrogen (secondary N) is 1. The molecule has 4 nitrogen and oxygen atoms in total. The van der Waals surface area contributed by atoms with Gasteiger partial charge in [-0.3, -0.25) is 0 Å². The molecule has 1 aromatic heterocycles. The zero-order valence-corrected chi connectivity index (χ0v) is 11.5. The second kappa shape index (κ2) is 7.15. The Hall–Kier alpha value is -2.54. The molecule has 1 N–H and O–H groups in total. The number of nitrogens with zero attached hydrogens (tertiary/aromatic N) is 2. The Balaban J connectivity index is 1.94. The van der Waals surface area contributed by atoms with Gasteiger partial charge >= 0.3 is 0 Å². The molecule has 0 radical (unpaired) electrons. The van der Waals surface area contributed by atoms with Gasteiger partial charge in [-0.15, -0.1) is 0 Å². The first-order valence-electron chi connectivity index (χ1n) is 6.64. The molecule has 0 saturated carbocycles. The highest BCUT2D eigenvalue weighted by molar-refractivity contribution is 5.36. The molecular weight excluding hydrogens is 250 g/mol. The van der Waals surface area contributed by atoms with Gasteiger partial charge < -0.3 is 10.1 Å². The number of rotatable bonds is 6. The van der Waals surface area contributed by atoms with Crippen molar-refractivity contribution in [1.82, 2.24) is 4.98 Å². The number of hydrogen-bond acceptors (Lipinski definition) is 4. The van der Waals surface area contributed by atoms with Crippen LogP contribution in [0.4, 0.5) is 5.82 Å². The highest BCUT2D eigenvalue weighted by Crippen LogP contribution is 2.14. The Morgan fingerprint density at radius 3 is 2.70 bits per heavy atom. The summed E-state index contributed by atoms with van der Waals surface area (Å²) < 4.78 is 5.65. The van der Waals surface area contributed by atoms with Crippen LogP contribution in [0.5, 0.6) is 5.75 Å². The lowest BCUT2D eigenvalue weighted by Gasteiger charge is -2.08. The highest BCUT2D eigenvalue weighted by atomic mass is 16.5. The van der Waals surface area contributed by atoms with Crippen LogP contribution in [0, 0.1) is 11.3 Å². The lowest BCUT2D eigenvalue weighted by molar-refractivity contribution is 0.301. The molecule has 0 spiro atoms. The molecule has 20 heavy (non-hydrogen) atoms. The van der Waals surface area contributed by atoms with E-state index in [1.165, 1.54) is 0 Å². The van der Waals surface area contributed by atoms with Crippen molar-refractivity contribution in [3.05, 3.63) is 53.7 Å². The first-order chi connectivity index (χ1) is 9.81. The molecule has 0 amide bonds. The lowest BCUT2D eigenvalue weighted by atomic mass is 10.2. The van der Waals surface area contributed by atoms with Crippen molar-refractivity contribution in [2.75, 3.05) is 11.9 Å². The number of ether oxygens (including phenoxy) is 1. The summed E-state index contributed by atoms with van der Waals surface area (Å²) in [6.07, 6.45) is 1.06. The van der Waals surface area contributed by atoms with Crippen LogP contribution in [0.1, 0.15) is 24.6 Å². The topological polar surface area (TPSA) is 57.9 Å². The molecule has 0 aliphatic carbocycles. The van der Waals surface area contributed by atoms with Gasteiger partial charge in [0.2, 0.25) is 0 Å². The summed E-state index contributed by atoms with van der Waals surface area (Å²) in [7, 11) is 0. The Labute approximate surface area is 119 Å². The van der Waals surface area contributed by atoms with Gasteiger partial charge in [0, 0.05) is 6.54 Å². The van der Waals surface area contributed by atoms with Crippen molar-refractivity contribution in [2.24, 2.45) is 0 Å². The number of hydrogen-bond donors (Lipinski definition) is 1. The quantitative estimate of drug-likeness (QED) is 0.872. The fourth-order valence-corrected chi connectivity index (χ4v) is 1.69. The lowest BCUT2D eigenvalue weighted by Crippen LogP contribution is -2.04. The summed E-state index contributed by atoms with van der Waals surface area (Å²) >= 11 is 0. The predicted molar refractivity (Wildman–Crippen MR) is 78.5 cm³/mol. The van der Waals surface area contributed by atoms with E-state index in [9.17, 15) is 0 Å². The molecule has 2 aromatic rings. The van der Waals surface area contributed by atoms with E-state index >= 15 is 0 Å². The van der Waals surface area contributed by atoms with Crippen LogP contribution >= 0.6 is 0 Å². The zero-order chi connectivity index (χ0) is 14.2. The van der Waals surface area contributed by atoms with Gasteiger partial charge in [0.25, 0.3) is 0 Å². The van der Waals surface area contributed by atoms with E-state index in [2.05, 4.69) is 23.3 Å². The number of nitriles is 1. The van der Waals surface area contributed by atoms with E-state index in [4.69, 9.17) is 10.00 Å². The van der Waals surface area contributed by atoms with E-state index in [1.54, 1.807) is 24.3 Å². The smallest absolute Gasteiger partial charge is 0.130 e. The molecule has 0 bridgehead atoms. The maximum absolute atomic E-state index is 8.73. The molecule has 4 heteroatoms. The number of aromatic nitrogens is 1. The standard InChI is InChI=1S/C16H17N3O/c1-2-10-18-16-5-3-4-14(19-16)12-20-15-8-6-13(11-17)7-9-15/h3-9H,2,10,12H2,1H3,(H,18,19). The largest absolute Gasteiger partial charge is 0.487 e. The van der Waals surface area contributed by atoms with Crippen LogP contribution in [0.15, 0.2) is 42.5 Å². The van der Waals surface area contributed by atoms with Crippen LogP contribution in [0.2, 0.25) is 0 Å². The van der Waals surface area contributed by atoms with Crippen molar-refractivity contribution in [3.8, 4) is 11.8 Å². The molecule has 0 aliphatic heterocycles. The second-order valence-electron chi connectivity index (χ2n) is 4.37. The minimum absolute atomic E-state index is 0.410. The third-order valence-electron chi connectivity index (χ3n) is 2.73. The van der Waals surface area contributed by atoms with Crippen molar-refractivity contribution in [2.45, 2.75) is 20.0 Å². The fraction of sp³-hybridized carbons (Fsp3) is 0.250. The Kier molecular flexibility index (Phi) is 4.96. The summed E-state index contributed by atoms with van der Waals surface area (Å²) in [5, 5.41) is 12.0. The maximum atomic E-state index is 8.73.